The standard InChI is InChI=1S/C14H20N2O2S.ClH/c17-19(18,16-13-5-2-8-15-10-13)14-7-6-11-3-1-4-12(11)9-14;/h6-7,9,13,15-16H,1-5,8,10H2;1H/t13-;/m1./s1. The Morgan fingerprint density at radius 3 is 2.70 bits per heavy atom. The number of aryl methyl sites for hydroxylation is 2. The normalized spacial score (nSPS) is 22.1. The van der Waals surface area contributed by atoms with Crippen molar-refractivity contribution in [1.82, 2.24) is 10.0 Å². The van der Waals surface area contributed by atoms with Gasteiger partial charge in [0.25, 0.3) is 0 Å². The van der Waals surface area contributed by atoms with E-state index < -0.39 is 10.0 Å². The van der Waals surface area contributed by atoms with Gasteiger partial charge in [0.1, 0.15) is 0 Å². The fourth-order valence-corrected chi connectivity index (χ4v) is 4.28. The Kier molecular flexibility index (Phi) is 5.07. The molecule has 0 saturated carbocycles. The van der Waals surface area contributed by atoms with E-state index in [2.05, 4.69) is 10.0 Å². The van der Waals surface area contributed by atoms with E-state index in [-0.39, 0.29) is 18.4 Å². The van der Waals surface area contributed by atoms with Gasteiger partial charge >= 0.3 is 0 Å². The smallest absolute Gasteiger partial charge is 0.240 e. The molecular weight excluding hydrogens is 296 g/mol. The van der Waals surface area contributed by atoms with Gasteiger partial charge in [-0.3, -0.25) is 0 Å². The zero-order valence-electron chi connectivity index (χ0n) is 11.4. The van der Waals surface area contributed by atoms with Crippen molar-refractivity contribution in [2.45, 2.75) is 43.0 Å². The van der Waals surface area contributed by atoms with Crippen molar-refractivity contribution in [2.75, 3.05) is 13.1 Å². The molecule has 1 saturated heterocycles. The zero-order valence-corrected chi connectivity index (χ0v) is 13.0. The first-order valence-corrected chi connectivity index (χ1v) is 8.48. The van der Waals surface area contributed by atoms with Crippen molar-refractivity contribution >= 4 is 22.4 Å². The Labute approximate surface area is 126 Å². The predicted molar refractivity (Wildman–Crippen MR) is 81.9 cm³/mol. The number of nitrogens with one attached hydrogen (secondary N) is 2. The summed E-state index contributed by atoms with van der Waals surface area (Å²) in [6, 6.07) is 5.58. The van der Waals surface area contributed by atoms with Gasteiger partial charge in [-0.1, -0.05) is 6.07 Å². The van der Waals surface area contributed by atoms with Crippen LogP contribution in [0.5, 0.6) is 0 Å². The fraction of sp³-hybridized carbons (Fsp3) is 0.571. The average molecular weight is 317 g/mol. The van der Waals surface area contributed by atoms with Gasteiger partial charge in [-0.25, -0.2) is 13.1 Å². The maximum Gasteiger partial charge on any atom is 0.240 e. The first-order valence-electron chi connectivity index (χ1n) is 7.00. The van der Waals surface area contributed by atoms with E-state index in [1.165, 1.54) is 11.1 Å². The molecule has 0 bridgehead atoms. The molecule has 0 amide bonds. The molecule has 1 aliphatic carbocycles. The summed E-state index contributed by atoms with van der Waals surface area (Å²) in [6.07, 6.45) is 5.16. The van der Waals surface area contributed by atoms with Crippen LogP contribution in [0.15, 0.2) is 23.1 Å². The minimum atomic E-state index is -3.37. The van der Waals surface area contributed by atoms with Gasteiger partial charge in [0, 0.05) is 12.6 Å². The molecule has 0 radical (unpaired) electrons. The number of benzene rings is 1. The molecule has 1 fully saturated rings. The quantitative estimate of drug-likeness (QED) is 0.891. The number of hydrogen-bond donors (Lipinski definition) is 2. The summed E-state index contributed by atoms with van der Waals surface area (Å²) in [5, 5.41) is 3.22. The second-order valence-electron chi connectivity index (χ2n) is 5.45. The van der Waals surface area contributed by atoms with E-state index in [1.54, 1.807) is 6.07 Å². The molecular formula is C14H21ClN2O2S. The summed E-state index contributed by atoms with van der Waals surface area (Å²) < 4.78 is 27.5. The van der Waals surface area contributed by atoms with Gasteiger partial charge in [-0.15, -0.1) is 12.4 Å². The van der Waals surface area contributed by atoms with E-state index in [1.807, 2.05) is 12.1 Å². The molecule has 112 valence electrons. The highest BCUT2D eigenvalue weighted by Crippen LogP contribution is 2.24. The van der Waals surface area contributed by atoms with Crippen molar-refractivity contribution < 1.29 is 8.42 Å². The molecule has 4 nitrogen and oxygen atoms in total. The minimum absolute atomic E-state index is 0. The lowest BCUT2D eigenvalue weighted by atomic mass is 10.1. The Balaban J connectivity index is 0.00000147. The fourth-order valence-electron chi connectivity index (χ4n) is 2.96. The molecule has 20 heavy (non-hydrogen) atoms. The van der Waals surface area contributed by atoms with Crippen LogP contribution in [0.25, 0.3) is 0 Å². The van der Waals surface area contributed by atoms with Gasteiger partial charge in [-0.2, -0.15) is 0 Å². The van der Waals surface area contributed by atoms with Crippen LogP contribution in [-0.4, -0.2) is 27.5 Å². The molecule has 1 aromatic rings. The molecule has 0 spiro atoms. The lowest BCUT2D eigenvalue weighted by molar-refractivity contribution is 0.428. The van der Waals surface area contributed by atoms with E-state index in [0.29, 0.717) is 4.90 Å². The first-order chi connectivity index (χ1) is 9.15. The topological polar surface area (TPSA) is 58.2 Å². The van der Waals surface area contributed by atoms with Crippen LogP contribution >= 0.6 is 12.4 Å². The van der Waals surface area contributed by atoms with Gasteiger partial charge in [0.05, 0.1) is 4.90 Å². The lowest BCUT2D eigenvalue weighted by Crippen LogP contribution is -2.45. The molecule has 2 N–H and O–H groups in total. The summed E-state index contributed by atoms with van der Waals surface area (Å²) >= 11 is 0. The maximum absolute atomic E-state index is 12.4. The summed E-state index contributed by atoms with van der Waals surface area (Å²) in [6.45, 7) is 1.71. The third-order valence-electron chi connectivity index (χ3n) is 4.00. The molecule has 1 heterocycles. The molecule has 0 unspecified atom stereocenters. The Morgan fingerprint density at radius 1 is 1.15 bits per heavy atom. The van der Waals surface area contributed by atoms with Crippen molar-refractivity contribution in [1.29, 1.82) is 0 Å². The van der Waals surface area contributed by atoms with Crippen LogP contribution < -0.4 is 10.0 Å². The number of hydrogen-bond acceptors (Lipinski definition) is 3. The van der Waals surface area contributed by atoms with Crippen LogP contribution in [0.3, 0.4) is 0 Å². The third kappa shape index (κ3) is 3.34. The van der Waals surface area contributed by atoms with Crippen LogP contribution in [0.2, 0.25) is 0 Å². The van der Waals surface area contributed by atoms with E-state index in [9.17, 15) is 8.42 Å². The molecule has 2 aliphatic rings. The van der Waals surface area contributed by atoms with E-state index in [0.717, 1.165) is 45.2 Å². The summed E-state index contributed by atoms with van der Waals surface area (Å²) in [5.74, 6) is 0. The van der Waals surface area contributed by atoms with Crippen LogP contribution in [0, 0.1) is 0 Å². The predicted octanol–water partition coefficient (Wildman–Crippen LogP) is 1.63. The largest absolute Gasteiger partial charge is 0.315 e. The monoisotopic (exact) mass is 316 g/mol. The first kappa shape index (κ1) is 15.8. The van der Waals surface area contributed by atoms with Crippen LogP contribution in [0.4, 0.5) is 0 Å². The van der Waals surface area contributed by atoms with Gasteiger partial charge in [0.2, 0.25) is 10.0 Å². The van der Waals surface area contributed by atoms with Crippen molar-refractivity contribution in [3.8, 4) is 0 Å². The third-order valence-corrected chi connectivity index (χ3v) is 5.52. The Bertz CT molecular complexity index is 569. The Morgan fingerprint density at radius 2 is 1.95 bits per heavy atom. The van der Waals surface area contributed by atoms with Crippen molar-refractivity contribution in [2.24, 2.45) is 0 Å². The van der Waals surface area contributed by atoms with E-state index in [4.69, 9.17) is 0 Å². The molecule has 1 aromatic carbocycles. The van der Waals surface area contributed by atoms with E-state index >= 15 is 0 Å². The van der Waals surface area contributed by atoms with Crippen LogP contribution in [-0.2, 0) is 22.9 Å². The van der Waals surface area contributed by atoms with Crippen molar-refractivity contribution in [3.63, 3.8) is 0 Å². The minimum Gasteiger partial charge on any atom is -0.315 e. The van der Waals surface area contributed by atoms with Crippen LogP contribution in [0.1, 0.15) is 30.4 Å². The molecule has 3 rings (SSSR count). The Hall–Kier alpha value is -0.620. The molecule has 1 atom stereocenters. The number of sulfonamides is 1. The highest BCUT2D eigenvalue weighted by Gasteiger charge is 2.23. The maximum atomic E-state index is 12.4. The lowest BCUT2D eigenvalue weighted by Gasteiger charge is -2.23. The number of halogens is 1. The second-order valence-corrected chi connectivity index (χ2v) is 7.16. The summed E-state index contributed by atoms with van der Waals surface area (Å²) in [7, 11) is -3.37. The molecule has 6 heteroatoms. The summed E-state index contributed by atoms with van der Waals surface area (Å²) in [5.41, 5.74) is 2.50. The van der Waals surface area contributed by atoms with Gasteiger partial charge < -0.3 is 5.32 Å². The molecule has 0 aromatic heterocycles. The number of fused-ring (bicyclic) bond motifs is 1. The van der Waals surface area contributed by atoms with Crippen molar-refractivity contribution in [3.05, 3.63) is 29.3 Å². The SMILES string of the molecule is Cl.O=S(=O)(N[C@@H]1CCCNC1)c1ccc2c(c1)CCC2. The highest BCUT2D eigenvalue weighted by atomic mass is 35.5. The number of piperidine rings is 1. The van der Waals surface area contributed by atoms with Gasteiger partial charge in [-0.05, 0) is 61.9 Å². The number of rotatable bonds is 3. The average Bonchev–Trinajstić information content (AvgIpc) is 2.86. The summed E-state index contributed by atoms with van der Waals surface area (Å²) in [4.78, 5) is 0.415. The zero-order chi connectivity index (χ0) is 13.3. The second kappa shape index (κ2) is 6.43. The highest BCUT2D eigenvalue weighted by molar-refractivity contribution is 7.89. The molecule has 1 aliphatic heterocycles. The van der Waals surface area contributed by atoms with Gasteiger partial charge in [0.15, 0.2) is 0 Å².